The van der Waals surface area contributed by atoms with Gasteiger partial charge in [0.2, 0.25) is 11.6 Å². The van der Waals surface area contributed by atoms with Gasteiger partial charge in [-0.1, -0.05) is 36.4 Å². The standard InChI is InChI=1S/C30H27N7O2/c1-18(2)39-23-13-21(15-33-16-23)24-12-8-9-20-14-26(19(3)35-28-25(32-4)17-34-30(31)36-28)37(29(38)27(20)24)22-10-6-5-7-11-22/h5-19H,1-3H3,(H3,31,34,35,36)/t19-/m0/s1. The van der Waals surface area contributed by atoms with Crippen molar-refractivity contribution >= 4 is 28.2 Å². The van der Waals surface area contributed by atoms with Gasteiger partial charge >= 0.3 is 0 Å². The monoisotopic (exact) mass is 517 g/mol. The van der Waals surface area contributed by atoms with Crippen LogP contribution in [0.4, 0.5) is 17.5 Å². The normalized spacial score (nSPS) is 11.8. The van der Waals surface area contributed by atoms with Crippen LogP contribution in [-0.2, 0) is 0 Å². The number of aromatic nitrogens is 4. The number of rotatable bonds is 7. The predicted octanol–water partition coefficient (Wildman–Crippen LogP) is 5.94. The number of pyridine rings is 2. The first kappa shape index (κ1) is 25.4. The van der Waals surface area contributed by atoms with Crippen molar-refractivity contribution in [2.75, 3.05) is 11.1 Å². The van der Waals surface area contributed by atoms with Crippen molar-refractivity contribution in [1.29, 1.82) is 0 Å². The van der Waals surface area contributed by atoms with Gasteiger partial charge in [0.05, 0.1) is 30.3 Å². The fraction of sp³-hybridized carbons (Fsp3) is 0.167. The van der Waals surface area contributed by atoms with Crippen LogP contribution in [0, 0.1) is 6.57 Å². The third kappa shape index (κ3) is 5.13. The molecule has 39 heavy (non-hydrogen) atoms. The lowest BCUT2D eigenvalue weighted by molar-refractivity contribution is 0.241. The van der Waals surface area contributed by atoms with Gasteiger partial charge in [-0.2, -0.15) is 0 Å². The summed E-state index contributed by atoms with van der Waals surface area (Å²) in [5.74, 6) is 0.994. The van der Waals surface area contributed by atoms with Gasteiger partial charge in [0.15, 0.2) is 0 Å². The van der Waals surface area contributed by atoms with Crippen molar-refractivity contribution in [3.63, 3.8) is 0 Å². The van der Waals surface area contributed by atoms with Crippen molar-refractivity contribution in [3.05, 3.63) is 107 Å². The molecule has 0 saturated carbocycles. The minimum atomic E-state index is -0.412. The average Bonchev–Trinajstić information content (AvgIpc) is 2.93. The molecule has 0 aliphatic carbocycles. The van der Waals surface area contributed by atoms with Gasteiger partial charge in [-0.15, -0.1) is 0 Å². The summed E-state index contributed by atoms with van der Waals surface area (Å²) in [7, 11) is 0. The van der Waals surface area contributed by atoms with E-state index >= 15 is 0 Å². The summed E-state index contributed by atoms with van der Waals surface area (Å²) in [6, 6.07) is 18.7. The van der Waals surface area contributed by atoms with E-state index in [1.165, 1.54) is 6.20 Å². The molecule has 2 aromatic carbocycles. The zero-order valence-corrected chi connectivity index (χ0v) is 21.8. The van der Waals surface area contributed by atoms with Crippen LogP contribution < -0.4 is 21.3 Å². The van der Waals surface area contributed by atoms with Crippen LogP contribution in [0.5, 0.6) is 5.75 Å². The molecule has 0 unspecified atom stereocenters. The van der Waals surface area contributed by atoms with E-state index in [0.717, 1.165) is 16.5 Å². The minimum absolute atomic E-state index is 0.00461. The maximum absolute atomic E-state index is 14.3. The van der Waals surface area contributed by atoms with Crippen LogP contribution in [0.2, 0.25) is 0 Å². The summed E-state index contributed by atoms with van der Waals surface area (Å²) in [6.45, 7) is 13.3. The molecule has 0 saturated heterocycles. The lowest BCUT2D eigenvalue weighted by atomic mass is 9.98. The molecule has 0 amide bonds. The Morgan fingerprint density at radius 1 is 1.03 bits per heavy atom. The smallest absolute Gasteiger partial charge is 0.263 e. The molecule has 5 aromatic rings. The van der Waals surface area contributed by atoms with Gasteiger partial charge in [-0.3, -0.25) is 14.3 Å². The van der Waals surface area contributed by atoms with Crippen LogP contribution >= 0.6 is 0 Å². The Morgan fingerprint density at radius 3 is 2.56 bits per heavy atom. The van der Waals surface area contributed by atoms with Crippen molar-refractivity contribution in [2.45, 2.75) is 32.9 Å². The quantitative estimate of drug-likeness (QED) is 0.257. The molecular weight excluding hydrogens is 490 g/mol. The predicted molar refractivity (Wildman–Crippen MR) is 153 cm³/mol. The maximum atomic E-state index is 14.3. The first-order valence-corrected chi connectivity index (χ1v) is 12.5. The number of fused-ring (bicyclic) bond motifs is 1. The molecule has 0 spiro atoms. The van der Waals surface area contributed by atoms with Crippen molar-refractivity contribution in [2.24, 2.45) is 0 Å². The molecule has 0 radical (unpaired) electrons. The summed E-state index contributed by atoms with van der Waals surface area (Å²) >= 11 is 0. The molecule has 3 heterocycles. The summed E-state index contributed by atoms with van der Waals surface area (Å²) in [5.41, 5.74) is 8.80. The van der Waals surface area contributed by atoms with Crippen LogP contribution in [0.1, 0.15) is 32.5 Å². The number of hydrogen-bond acceptors (Lipinski definition) is 7. The molecule has 0 aliphatic heterocycles. The van der Waals surface area contributed by atoms with E-state index in [-0.39, 0.29) is 23.3 Å². The molecule has 1 atom stereocenters. The molecule has 0 fully saturated rings. The van der Waals surface area contributed by atoms with Gasteiger partial charge < -0.3 is 15.8 Å². The lowest BCUT2D eigenvalue weighted by Crippen LogP contribution is -2.26. The first-order valence-electron chi connectivity index (χ1n) is 12.5. The van der Waals surface area contributed by atoms with Crippen molar-refractivity contribution in [3.8, 4) is 22.6 Å². The molecule has 194 valence electrons. The van der Waals surface area contributed by atoms with E-state index in [4.69, 9.17) is 17.0 Å². The maximum Gasteiger partial charge on any atom is 0.263 e. The second kappa shape index (κ2) is 10.6. The van der Waals surface area contributed by atoms with E-state index in [1.807, 2.05) is 81.4 Å². The summed E-state index contributed by atoms with van der Waals surface area (Å²) in [5, 5.41) is 4.60. The SMILES string of the molecule is [C-]#[N+]c1cnc(N)nc1N[C@@H](C)c1cc2cccc(-c3cncc(OC(C)C)c3)c2c(=O)n1-c1ccccc1. The fourth-order valence-corrected chi connectivity index (χ4v) is 4.54. The highest BCUT2D eigenvalue weighted by Crippen LogP contribution is 2.32. The number of nitrogen functional groups attached to an aromatic ring is 1. The van der Waals surface area contributed by atoms with E-state index in [2.05, 4.69) is 25.1 Å². The third-order valence-corrected chi connectivity index (χ3v) is 6.19. The number of nitrogens with zero attached hydrogens (tertiary/aromatic N) is 5. The van der Waals surface area contributed by atoms with Gasteiger partial charge in [-0.25, -0.2) is 14.8 Å². The second-order valence-corrected chi connectivity index (χ2v) is 9.33. The van der Waals surface area contributed by atoms with E-state index in [0.29, 0.717) is 28.3 Å². The molecule has 9 heteroatoms. The fourth-order valence-electron chi connectivity index (χ4n) is 4.54. The molecule has 3 N–H and O–H groups in total. The number of para-hydroxylation sites is 1. The Balaban J connectivity index is 1.72. The van der Waals surface area contributed by atoms with E-state index < -0.39 is 6.04 Å². The van der Waals surface area contributed by atoms with Gasteiger partial charge in [-0.05, 0) is 56.0 Å². The summed E-state index contributed by atoms with van der Waals surface area (Å²) < 4.78 is 7.54. The first-order chi connectivity index (χ1) is 18.9. The lowest BCUT2D eigenvalue weighted by Gasteiger charge is -2.22. The highest BCUT2D eigenvalue weighted by Gasteiger charge is 2.20. The van der Waals surface area contributed by atoms with Gasteiger partial charge in [0.25, 0.3) is 5.56 Å². The highest BCUT2D eigenvalue weighted by molar-refractivity contribution is 5.96. The second-order valence-electron chi connectivity index (χ2n) is 9.33. The van der Waals surface area contributed by atoms with Crippen LogP contribution in [0.3, 0.4) is 0 Å². The molecule has 5 rings (SSSR count). The Morgan fingerprint density at radius 2 is 1.82 bits per heavy atom. The molecule has 0 bridgehead atoms. The van der Waals surface area contributed by atoms with Crippen molar-refractivity contribution < 1.29 is 4.74 Å². The number of ether oxygens (including phenoxy) is 1. The zero-order valence-electron chi connectivity index (χ0n) is 21.8. The number of nitrogens with one attached hydrogen (secondary N) is 1. The molecule has 9 nitrogen and oxygen atoms in total. The topological polar surface area (TPSA) is 112 Å². The van der Waals surface area contributed by atoms with Crippen LogP contribution in [-0.4, -0.2) is 25.6 Å². The molecular formula is C30H27N7O2. The number of benzene rings is 2. The van der Waals surface area contributed by atoms with E-state index in [9.17, 15) is 4.79 Å². The third-order valence-electron chi connectivity index (χ3n) is 6.19. The minimum Gasteiger partial charge on any atom is -0.489 e. The number of hydrogen-bond donors (Lipinski definition) is 2. The van der Waals surface area contributed by atoms with E-state index in [1.54, 1.807) is 17.0 Å². The Kier molecular flexibility index (Phi) is 6.93. The number of nitrogens with two attached hydrogens (primary N) is 1. The summed E-state index contributed by atoms with van der Waals surface area (Å²) in [6.07, 6.45) is 4.78. The van der Waals surface area contributed by atoms with Crippen molar-refractivity contribution in [1.82, 2.24) is 19.5 Å². The molecule has 0 aliphatic rings. The Labute approximate surface area is 225 Å². The Hall–Kier alpha value is -5.23. The largest absolute Gasteiger partial charge is 0.489 e. The summed E-state index contributed by atoms with van der Waals surface area (Å²) in [4.78, 5) is 30.3. The number of anilines is 2. The van der Waals surface area contributed by atoms with Crippen LogP contribution in [0.25, 0.3) is 32.4 Å². The van der Waals surface area contributed by atoms with Gasteiger partial charge in [0, 0.05) is 29.3 Å². The van der Waals surface area contributed by atoms with Crippen LogP contribution in [0.15, 0.2) is 84.0 Å². The average molecular weight is 518 g/mol. The zero-order chi connectivity index (χ0) is 27.5. The molecule has 3 aromatic heterocycles. The Bertz CT molecular complexity index is 1760. The highest BCUT2D eigenvalue weighted by atomic mass is 16.5. The van der Waals surface area contributed by atoms with Gasteiger partial charge in [0.1, 0.15) is 11.6 Å².